The summed E-state index contributed by atoms with van der Waals surface area (Å²) in [4.78, 5) is 134. The van der Waals surface area contributed by atoms with Gasteiger partial charge < -0.3 is 73.4 Å². The first-order valence-corrected chi connectivity index (χ1v) is 43.7. The fourth-order valence-electron chi connectivity index (χ4n) is 16.7. The van der Waals surface area contributed by atoms with Gasteiger partial charge in [-0.3, -0.25) is 38.9 Å². The van der Waals surface area contributed by atoms with Crippen LogP contribution < -0.4 is 20.7 Å². The number of urea groups is 1. The van der Waals surface area contributed by atoms with E-state index in [4.69, 9.17) is 56.4 Å². The van der Waals surface area contributed by atoms with Crippen LogP contribution in [-0.2, 0) is 90.8 Å². The van der Waals surface area contributed by atoms with Crippen molar-refractivity contribution in [3.8, 4) is 17.6 Å². The number of carbonyl (C=O) groups excluding carboxylic acids is 9. The molecule has 0 unspecified atom stereocenters. The number of fused-ring (bicyclic) bond motifs is 1. The molecule has 7 aliphatic rings. The highest BCUT2D eigenvalue weighted by Crippen LogP contribution is 2.43. The van der Waals surface area contributed by atoms with Gasteiger partial charge in [0.15, 0.2) is 0 Å². The lowest BCUT2D eigenvalue weighted by atomic mass is 9.72. The Labute approximate surface area is 747 Å². The summed E-state index contributed by atoms with van der Waals surface area (Å²) in [6, 6.07) is 42.0. The van der Waals surface area contributed by atoms with Crippen LogP contribution in [0.4, 0.5) is 14.4 Å². The van der Waals surface area contributed by atoms with Crippen molar-refractivity contribution in [3.63, 3.8) is 0 Å². The number of likely N-dealkylation sites (tertiary alicyclic amines) is 4. The van der Waals surface area contributed by atoms with Gasteiger partial charge in [0.05, 0.1) is 69.2 Å². The molecular weight excluding hydrogens is 1750 g/mol. The largest absolute Gasteiger partial charge is 0.497 e. The fraction of sp³-hybridized carbons (Fsp3) is 0.484. The number of hydrogen-bond acceptors (Lipinski definition) is 20. The number of carboxylic acid groups (broad SMARTS) is 1. The van der Waals surface area contributed by atoms with Crippen LogP contribution in [-0.4, -0.2) is 227 Å². The number of aliphatic carboxylic acids is 1. The average Bonchev–Trinajstić information content (AvgIpc) is 1.64. The number of methoxy groups -OCH3 is 5. The quantitative estimate of drug-likeness (QED) is 0.0321. The molecule has 26 nitrogen and oxygen atoms in total. The van der Waals surface area contributed by atoms with Gasteiger partial charge in [-0.05, 0) is 264 Å². The molecule has 0 bridgehead atoms. The number of nitrogens with one attached hydrogen (secondary N) is 3. The monoisotopic (exact) mass is 1860 g/mol. The standard InChI is InChI=1S/C30H32N4O6.C18H24ClNO4.C17H22ClNO4.C15H20BrNO2.C13H16BrNO2/c1-4-33-15-13-29(14-16-33,27(37)40-3)22-8-5-20(6-9-22)11-12-30(26(36)31-28(38)32-30)19-34-18-21-7-10-23(39-2)17-24(21)25(34)35;1-17(2,3)24-16(22)20-11-9-18(10-12-20,15(21)23-4)13-5-7-14(19)8-6-13;1-16(2,3)23-15(22)19-10-8-17(9-11-19,14(20)21)12-4-6-13(18)7-5-12;1-3-17-10-8-15(9-11-17,14(18)19-2)12-4-6-13(16)7-5-12;1-17-12(16)13(6-8-15-9-7-13)10-2-4-11(14)5-3-10/h5-10,17H,4,13-16,18-19H2,1-3H3,(H2,31,32,36,38);5-8H,9-12H2,1-4H3;4-7H,8-11H2,1-3H3,(H,20,21);4-7H,3,8-11H2,1-2H3;2-5,15H,6-9H2,1H3/t30-;;;;/m1..../s1. The molecule has 7 heterocycles. The first-order chi connectivity index (χ1) is 58.4. The Bertz CT molecular complexity index is 4760. The molecule has 6 aromatic rings. The molecule has 4 N–H and O–H groups in total. The Balaban J connectivity index is 0.000000181. The van der Waals surface area contributed by atoms with Gasteiger partial charge in [0.1, 0.15) is 17.0 Å². The van der Waals surface area contributed by atoms with Crippen molar-refractivity contribution in [1.29, 1.82) is 0 Å². The molecule has 13 rings (SSSR count). The summed E-state index contributed by atoms with van der Waals surface area (Å²) in [7, 11) is 7.27. The molecule has 662 valence electrons. The van der Waals surface area contributed by atoms with E-state index < -0.39 is 67.8 Å². The first kappa shape index (κ1) is 97.2. The molecule has 0 radical (unpaired) electrons. The summed E-state index contributed by atoms with van der Waals surface area (Å²) in [6.07, 6.45) is 5.49. The molecule has 7 aliphatic heterocycles. The second-order valence-corrected chi connectivity index (χ2v) is 36.3. The van der Waals surface area contributed by atoms with Gasteiger partial charge in [-0.2, -0.15) is 0 Å². The second-order valence-electron chi connectivity index (χ2n) is 33.6. The number of carbonyl (C=O) groups is 10. The van der Waals surface area contributed by atoms with Crippen molar-refractivity contribution in [2.45, 2.75) is 170 Å². The molecule has 1 atom stereocenters. The number of benzene rings is 6. The first-order valence-electron chi connectivity index (χ1n) is 41.3. The van der Waals surface area contributed by atoms with E-state index in [1.807, 2.05) is 120 Å². The highest BCUT2D eigenvalue weighted by Gasteiger charge is 2.51. The minimum absolute atomic E-state index is 0.106. The van der Waals surface area contributed by atoms with E-state index >= 15 is 0 Å². The molecule has 6 aromatic carbocycles. The normalized spacial score (nSPS) is 19.3. The molecular formula is C93H114Br2Cl2N8O18. The highest BCUT2D eigenvalue weighted by molar-refractivity contribution is 9.10. The lowest BCUT2D eigenvalue weighted by Crippen LogP contribution is -2.54. The van der Waals surface area contributed by atoms with E-state index in [-0.39, 0.29) is 49.0 Å². The van der Waals surface area contributed by atoms with E-state index in [0.717, 1.165) is 120 Å². The zero-order valence-corrected chi connectivity index (χ0v) is 77.1. The van der Waals surface area contributed by atoms with Crippen LogP contribution in [0.2, 0.25) is 10.0 Å². The van der Waals surface area contributed by atoms with Crippen LogP contribution in [0.1, 0.15) is 169 Å². The molecule has 0 aromatic heterocycles. The summed E-state index contributed by atoms with van der Waals surface area (Å²) < 4.78 is 38.4. The zero-order valence-electron chi connectivity index (χ0n) is 72.4. The zero-order chi connectivity index (χ0) is 89.9. The SMILES string of the molecule is CC(C)(C)OC(=O)N1CCC(C(=O)O)(c2ccc(Cl)cc2)CC1.CCN1CCC(C(=O)OC)(c2ccc(Br)cc2)CC1.CCN1CCC(C(=O)OC)(c2ccc(C#C[C@]3(CN4Cc5ccc(OC)cc5C4=O)NC(=O)NC3=O)cc2)CC1.COC(=O)C1(c2ccc(Br)cc2)CCNCC1.COC(=O)C1(c2ccc(Cl)cc2)CCN(C(=O)OC(C)(C)C)CC1. The minimum atomic E-state index is -1.61. The Hall–Kier alpha value is -9.60. The van der Waals surface area contributed by atoms with Crippen LogP contribution >= 0.6 is 55.1 Å². The molecule has 6 saturated heterocycles. The Morgan fingerprint density at radius 1 is 0.480 bits per heavy atom. The molecule has 6 amide bonds. The van der Waals surface area contributed by atoms with Gasteiger partial charge in [-0.25, -0.2) is 14.4 Å². The van der Waals surface area contributed by atoms with E-state index in [1.54, 1.807) is 70.5 Å². The van der Waals surface area contributed by atoms with E-state index in [9.17, 15) is 53.1 Å². The minimum Gasteiger partial charge on any atom is -0.497 e. The lowest BCUT2D eigenvalue weighted by molar-refractivity contribution is -0.150. The number of imide groups is 1. The summed E-state index contributed by atoms with van der Waals surface area (Å²) in [5, 5.41) is 19.1. The number of esters is 4. The smallest absolute Gasteiger partial charge is 0.410 e. The third-order valence-corrected chi connectivity index (χ3v) is 25.6. The number of hydrogen-bond donors (Lipinski definition) is 4. The van der Waals surface area contributed by atoms with E-state index in [2.05, 4.69) is 83.3 Å². The third-order valence-electron chi connectivity index (χ3n) is 24.0. The molecule has 123 heavy (non-hydrogen) atoms. The molecule has 0 spiro atoms. The highest BCUT2D eigenvalue weighted by atomic mass is 79.9. The van der Waals surface area contributed by atoms with Crippen molar-refractivity contribution >= 4 is 115 Å². The Morgan fingerprint density at radius 2 is 0.829 bits per heavy atom. The lowest BCUT2D eigenvalue weighted by Gasteiger charge is -2.40. The summed E-state index contributed by atoms with van der Waals surface area (Å²) in [6.45, 7) is 24.1. The molecule has 6 fully saturated rings. The summed E-state index contributed by atoms with van der Waals surface area (Å²) in [5.41, 5.74) is 0.348. The Kier molecular flexibility index (Phi) is 33.5. The number of rotatable bonds is 15. The van der Waals surface area contributed by atoms with E-state index in [0.29, 0.717) is 91.6 Å². The van der Waals surface area contributed by atoms with Gasteiger partial charge in [-0.1, -0.05) is 147 Å². The van der Waals surface area contributed by atoms with Gasteiger partial charge in [-0.15, -0.1) is 0 Å². The maximum atomic E-state index is 13.1. The van der Waals surface area contributed by atoms with Crippen LogP contribution in [0.15, 0.2) is 148 Å². The van der Waals surface area contributed by atoms with Crippen molar-refractivity contribution < 1.29 is 86.2 Å². The predicted octanol–water partition coefficient (Wildman–Crippen LogP) is 14.5. The van der Waals surface area contributed by atoms with Crippen LogP contribution in [0.5, 0.6) is 5.75 Å². The maximum absolute atomic E-state index is 13.1. The van der Waals surface area contributed by atoms with Gasteiger partial charge >= 0.3 is 48.1 Å². The third kappa shape index (κ3) is 23.5. The number of piperidine rings is 5. The van der Waals surface area contributed by atoms with Gasteiger partial charge in [0.25, 0.3) is 11.8 Å². The van der Waals surface area contributed by atoms with Crippen molar-refractivity contribution in [2.75, 3.05) is 121 Å². The molecule has 0 saturated carbocycles. The second kappa shape index (κ2) is 42.4. The summed E-state index contributed by atoms with van der Waals surface area (Å²) >= 11 is 18.7. The van der Waals surface area contributed by atoms with Crippen molar-refractivity contribution in [3.05, 3.63) is 203 Å². The topological polar surface area (TPSA) is 308 Å². The number of carboxylic acids is 1. The number of halogens is 4. The fourth-order valence-corrected chi connectivity index (χ4v) is 17.5. The van der Waals surface area contributed by atoms with Crippen molar-refractivity contribution in [2.24, 2.45) is 0 Å². The van der Waals surface area contributed by atoms with Crippen LogP contribution in [0, 0.1) is 11.8 Å². The number of nitrogens with zero attached hydrogens (tertiary/aromatic N) is 5. The van der Waals surface area contributed by atoms with Crippen LogP contribution in [0.3, 0.4) is 0 Å². The average molecular weight is 1860 g/mol. The molecule has 0 aliphatic carbocycles. The number of ether oxygens (including phenoxy) is 7. The van der Waals surface area contributed by atoms with E-state index in [1.165, 1.54) is 40.4 Å². The van der Waals surface area contributed by atoms with Crippen molar-refractivity contribution in [1.82, 2.24) is 40.4 Å². The molecule has 30 heteroatoms. The maximum Gasteiger partial charge on any atom is 0.410 e. The van der Waals surface area contributed by atoms with Gasteiger partial charge in [0, 0.05) is 62.8 Å². The summed E-state index contributed by atoms with van der Waals surface area (Å²) in [5.74, 6) is 3.97. The van der Waals surface area contributed by atoms with Crippen LogP contribution in [0.25, 0.3) is 0 Å². The number of amides is 6. The predicted molar refractivity (Wildman–Crippen MR) is 475 cm³/mol. The van der Waals surface area contributed by atoms with Gasteiger partial charge in [0.2, 0.25) is 5.54 Å². The Morgan fingerprint density at radius 3 is 1.17 bits per heavy atom.